The molecular weight excluding hydrogens is 160 g/mol. The molecule has 0 bridgehead atoms. The highest BCUT2D eigenvalue weighted by Crippen LogP contribution is 2.10. The first-order chi connectivity index (χ1) is 6.16. The van der Waals surface area contributed by atoms with E-state index in [2.05, 4.69) is 27.7 Å². The fourth-order valence-electron chi connectivity index (χ4n) is 1.57. The number of ether oxygens (including phenoxy) is 1. The Labute approximate surface area is 83.9 Å². The maximum Gasteiger partial charge on any atom is 0.0550 e. The van der Waals surface area contributed by atoms with Crippen molar-refractivity contribution in [3.05, 3.63) is 0 Å². The van der Waals surface area contributed by atoms with Gasteiger partial charge in [0.05, 0.1) is 12.2 Å². The summed E-state index contributed by atoms with van der Waals surface area (Å²) in [5, 5.41) is 0. The first kappa shape index (κ1) is 13.0. The molecule has 0 aromatic heterocycles. The van der Waals surface area contributed by atoms with Gasteiger partial charge in [-0.3, -0.25) is 0 Å². The van der Waals surface area contributed by atoms with Crippen LogP contribution in [0, 0.1) is 0 Å². The molecule has 0 aromatic rings. The van der Waals surface area contributed by atoms with Crippen molar-refractivity contribution >= 4 is 0 Å². The van der Waals surface area contributed by atoms with Gasteiger partial charge >= 0.3 is 0 Å². The summed E-state index contributed by atoms with van der Waals surface area (Å²) < 4.78 is 5.66. The van der Waals surface area contributed by atoms with Crippen LogP contribution in [-0.4, -0.2) is 12.2 Å². The van der Waals surface area contributed by atoms with Crippen molar-refractivity contribution in [2.24, 2.45) is 0 Å². The molecule has 0 saturated carbocycles. The molecule has 0 amide bonds. The minimum absolute atomic E-state index is 0.380. The highest BCUT2D eigenvalue weighted by atomic mass is 16.5. The Morgan fingerprint density at radius 1 is 0.923 bits per heavy atom. The molecule has 1 heteroatoms. The molecule has 0 radical (unpaired) electrons. The second kappa shape index (κ2) is 8.55. The predicted molar refractivity (Wildman–Crippen MR) is 59.1 cm³/mol. The molecule has 0 aliphatic rings. The van der Waals surface area contributed by atoms with Gasteiger partial charge < -0.3 is 4.74 Å². The van der Waals surface area contributed by atoms with E-state index >= 15 is 0 Å². The van der Waals surface area contributed by atoms with E-state index in [-0.39, 0.29) is 0 Å². The number of rotatable bonds is 8. The topological polar surface area (TPSA) is 9.23 Å². The Bertz CT molecular complexity index is 99.3. The van der Waals surface area contributed by atoms with Crippen LogP contribution in [-0.2, 0) is 4.74 Å². The fraction of sp³-hybridized carbons (Fsp3) is 1.00. The largest absolute Gasteiger partial charge is 0.376 e. The summed E-state index contributed by atoms with van der Waals surface area (Å²) in [5.41, 5.74) is 0. The van der Waals surface area contributed by atoms with E-state index in [1.54, 1.807) is 0 Å². The van der Waals surface area contributed by atoms with Crippen LogP contribution in [0.15, 0.2) is 0 Å². The molecule has 0 aromatic carbocycles. The molecule has 1 atom stereocenters. The van der Waals surface area contributed by atoms with Gasteiger partial charge in [-0.05, 0) is 27.2 Å². The average Bonchev–Trinajstić information content (AvgIpc) is 2.02. The zero-order chi connectivity index (χ0) is 10.1. The molecule has 1 nitrogen and oxygen atoms in total. The number of hydrogen-bond acceptors (Lipinski definition) is 1. The molecule has 0 aliphatic carbocycles. The molecule has 80 valence electrons. The zero-order valence-electron chi connectivity index (χ0n) is 9.81. The number of hydrogen-bond donors (Lipinski definition) is 0. The second-order valence-electron chi connectivity index (χ2n) is 4.20. The Morgan fingerprint density at radius 2 is 1.54 bits per heavy atom. The van der Waals surface area contributed by atoms with E-state index < -0.39 is 0 Å². The highest BCUT2D eigenvalue weighted by molar-refractivity contribution is 4.53. The Kier molecular flexibility index (Phi) is 8.53. The summed E-state index contributed by atoms with van der Waals surface area (Å²) in [6.07, 6.45) is 8.87. The molecule has 0 fully saturated rings. The summed E-state index contributed by atoms with van der Waals surface area (Å²) >= 11 is 0. The van der Waals surface area contributed by atoms with Gasteiger partial charge in [-0.2, -0.15) is 0 Å². The third-order valence-electron chi connectivity index (χ3n) is 2.22. The molecule has 0 spiro atoms. The van der Waals surface area contributed by atoms with Crippen molar-refractivity contribution in [1.82, 2.24) is 0 Å². The van der Waals surface area contributed by atoms with Crippen molar-refractivity contribution in [2.75, 3.05) is 0 Å². The van der Waals surface area contributed by atoms with Crippen molar-refractivity contribution < 1.29 is 4.74 Å². The summed E-state index contributed by atoms with van der Waals surface area (Å²) in [5.74, 6) is 0. The molecule has 0 aliphatic heterocycles. The highest BCUT2D eigenvalue weighted by Gasteiger charge is 2.03. The standard InChI is InChI=1S/C12H26O/c1-5-6-7-8-9-10-12(4)13-11(2)3/h11-12H,5-10H2,1-4H3. The van der Waals surface area contributed by atoms with E-state index in [1.165, 1.54) is 38.5 Å². The van der Waals surface area contributed by atoms with Crippen LogP contribution in [0.3, 0.4) is 0 Å². The smallest absolute Gasteiger partial charge is 0.0550 e. The lowest BCUT2D eigenvalue weighted by molar-refractivity contribution is 0.0131. The minimum atomic E-state index is 0.380. The zero-order valence-corrected chi connectivity index (χ0v) is 9.81. The maximum atomic E-state index is 5.66. The lowest BCUT2D eigenvalue weighted by Gasteiger charge is -2.15. The van der Waals surface area contributed by atoms with Crippen LogP contribution in [0.1, 0.15) is 66.2 Å². The van der Waals surface area contributed by atoms with Crippen LogP contribution in [0.4, 0.5) is 0 Å². The van der Waals surface area contributed by atoms with E-state index in [1.807, 2.05) is 0 Å². The summed E-state index contributed by atoms with van der Waals surface area (Å²) in [7, 11) is 0. The first-order valence-corrected chi connectivity index (χ1v) is 5.82. The maximum absolute atomic E-state index is 5.66. The molecule has 1 unspecified atom stereocenters. The normalized spacial score (nSPS) is 13.6. The van der Waals surface area contributed by atoms with Crippen molar-refractivity contribution in [3.63, 3.8) is 0 Å². The lowest BCUT2D eigenvalue weighted by Crippen LogP contribution is -2.13. The van der Waals surface area contributed by atoms with Crippen LogP contribution >= 0.6 is 0 Å². The van der Waals surface area contributed by atoms with Gasteiger partial charge in [-0.25, -0.2) is 0 Å². The van der Waals surface area contributed by atoms with Gasteiger partial charge in [0.25, 0.3) is 0 Å². The van der Waals surface area contributed by atoms with Crippen molar-refractivity contribution in [1.29, 1.82) is 0 Å². The molecule has 0 N–H and O–H groups in total. The van der Waals surface area contributed by atoms with Gasteiger partial charge in [0.2, 0.25) is 0 Å². The molecule has 0 heterocycles. The van der Waals surface area contributed by atoms with Crippen LogP contribution in [0.25, 0.3) is 0 Å². The SMILES string of the molecule is CCCCCCCC(C)OC(C)C. The molecule has 0 rings (SSSR count). The summed E-state index contributed by atoms with van der Waals surface area (Å²) in [6.45, 7) is 8.64. The van der Waals surface area contributed by atoms with E-state index in [0.29, 0.717) is 12.2 Å². The molecular formula is C12H26O. The van der Waals surface area contributed by atoms with Gasteiger partial charge in [0, 0.05) is 0 Å². The minimum Gasteiger partial charge on any atom is -0.376 e. The van der Waals surface area contributed by atoms with E-state index in [9.17, 15) is 0 Å². The number of unbranched alkanes of at least 4 members (excludes halogenated alkanes) is 4. The second-order valence-corrected chi connectivity index (χ2v) is 4.20. The fourth-order valence-corrected chi connectivity index (χ4v) is 1.57. The third-order valence-corrected chi connectivity index (χ3v) is 2.22. The van der Waals surface area contributed by atoms with E-state index in [4.69, 9.17) is 4.74 Å². The Hall–Kier alpha value is -0.0400. The van der Waals surface area contributed by atoms with Gasteiger partial charge in [-0.15, -0.1) is 0 Å². The van der Waals surface area contributed by atoms with Crippen LogP contribution < -0.4 is 0 Å². The Balaban J connectivity index is 3.12. The summed E-state index contributed by atoms with van der Waals surface area (Å²) in [4.78, 5) is 0. The predicted octanol–water partition coefficient (Wildman–Crippen LogP) is 4.16. The van der Waals surface area contributed by atoms with Crippen LogP contribution in [0.5, 0.6) is 0 Å². The van der Waals surface area contributed by atoms with Gasteiger partial charge in [0.15, 0.2) is 0 Å². The average molecular weight is 186 g/mol. The molecule has 0 saturated heterocycles. The van der Waals surface area contributed by atoms with Crippen molar-refractivity contribution in [3.8, 4) is 0 Å². The third kappa shape index (κ3) is 9.88. The van der Waals surface area contributed by atoms with Crippen LogP contribution in [0.2, 0.25) is 0 Å². The first-order valence-electron chi connectivity index (χ1n) is 5.82. The summed E-state index contributed by atoms with van der Waals surface area (Å²) in [6, 6.07) is 0. The Morgan fingerprint density at radius 3 is 2.08 bits per heavy atom. The van der Waals surface area contributed by atoms with Gasteiger partial charge in [0.1, 0.15) is 0 Å². The quantitative estimate of drug-likeness (QED) is 0.517. The monoisotopic (exact) mass is 186 g/mol. The lowest BCUT2D eigenvalue weighted by atomic mass is 10.1. The van der Waals surface area contributed by atoms with Gasteiger partial charge in [-0.1, -0.05) is 39.0 Å². The van der Waals surface area contributed by atoms with Crippen molar-refractivity contribution in [2.45, 2.75) is 78.4 Å². The van der Waals surface area contributed by atoms with E-state index in [0.717, 1.165) is 0 Å². The molecule has 13 heavy (non-hydrogen) atoms.